The van der Waals surface area contributed by atoms with Crippen LogP contribution in [0.2, 0.25) is 0 Å². The number of hydrogen-bond donors (Lipinski definition) is 1. The lowest BCUT2D eigenvalue weighted by Crippen LogP contribution is -2.55. The molecule has 6 rings (SSSR count). The fourth-order valence-corrected chi connectivity index (χ4v) is 6.63. The number of amides is 1. The fraction of sp³-hybridized carbons (Fsp3) is 0.452. The number of nitrogens with zero attached hydrogens (tertiary/aromatic N) is 5. The molecule has 0 saturated carbocycles. The van der Waals surface area contributed by atoms with E-state index in [2.05, 4.69) is 30.7 Å². The number of benzene rings is 1. The van der Waals surface area contributed by atoms with Gasteiger partial charge < -0.3 is 15.4 Å². The lowest BCUT2D eigenvalue weighted by atomic mass is 9.85. The van der Waals surface area contributed by atoms with Gasteiger partial charge in [-0.25, -0.2) is 15.0 Å². The summed E-state index contributed by atoms with van der Waals surface area (Å²) in [5, 5.41) is 0.825. The molecule has 0 radical (unpaired) electrons. The van der Waals surface area contributed by atoms with Crippen molar-refractivity contribution in [2.45, 2.75) is 58.3 Å². The molecule has 5 heterocycles. The molecule has 10 heteroatoms. The monoisotopic (exact) mass is 572 g/mol. The second kappa shape index (κ2) is 10.3. The first-order chi connectivity index (χ1) is 19.5. The normalized spacial score (nSPS) is 18.8. The van der Waals surface area contributed by atoms with Gasteiger partial charge >= 0.3 is 0 Å². The molecule has 2 fully saturated rings. The van der Waals surface area contributed by atoms with Crippen molar-refractivity contribution in [3.8, 4) is 11.3 Å². The zero-order valence-electron chi connectivity index (χ0n) is 24.0. The minimum atomic E-state index is -0.427. The SMILES string of the molecule is CC1(C(=O)N2CCC[C@@H](c3nc(-c4ccc(C(=O)Cc5ncc(C(C)(C)C)s5)cc4)c4c(N)nccn34)C2)COC1. The minimum Gasteiger partial charge on any atom is -0.382 e. The third kappa shape index (κ3) is 5.15. The van der Waals surface area contributed by atoms with E-state index in [0.717, 1.165) is 47.0 Å². The quantitative estimate of drug-likeness (QED) is 0.327. The molecule has 4 aromatic rings. The number of nitrogen functional groups attached to an aromatic ring is 1. The summed E-state index contributed by atoms with van der Waals surface area (Å²) >= 11 is 1.59. The van der Waals surface area contributed by atoms with Gasteiger partial charge in [0, 0.05) is 53.6 Å². The number of anilines is 1. The highest BCUT2D eigenvalue weighted by atomic mass is 32.1. The zero-order valence-corrected chi connectivity index (χ0v) is 24.8. The topological polar surface area (TPSA) is 116 Å². The van der Waals surface area contributed by atoms with Gasteiger partial charge in [-0.3, -0.25) is 14.0 Å². The molecule has 1 amide bonds. The van der Waals surface area contributed by atoms with Crippen molar-refractivity contribution in [1.29, 1.82) is 0 Å². The van der Waals surface area contributed by atoms with E-state index in [1.165, 1.54) is 4.88 Å². The summed E-state index contributed by atoms with van der Waals surface area (Å²) in [6, 6.07) is 7.52. The van der Waals surface area contributed by atoms with E-state index >= 15 is 0 Å². The number of carbonyl (C=O) groups is 2. The van der Waals surface area contributed by atoms with Crippen LogP contribution >= 0.6 is 11.3 Å². The number of Topliss-reactive ketones (excluding diaryl/α,β-unsaturated/α-hetero) is 1. The molecule has 3 aromatic heterocycles. The van der Waals surface area contributed by atoms with Gasteiger partial charge in [0.1, 0.15) is 27.9 Å². The average Bonchev–Trinajstić information content (AvgIpc) is 3.57. The summed E-state index contributed by atoms with van der Waals surface area (Å²) in [6.45, 7) is 10.7. The Labute approximate surface area is 243 Å². The number of aromatic nitrogens is 4. The van der Waals surface area contributed by atoms with Crippen molar-refractivity contribution in [3.63, 3.8) is 0 Å². The van der Waals surface area contributed by atoms with Gasteiger partial charge in [-0.15, -0.1) is 11.3 Å². The molecular weight excluding hydrogens is 536 g/mol. The minimum absolute atomic E-state index is 0.0125. The molecule has 1 aromatic carbocycles. The zero-order chi connectivity index (χ0) is 28.9. The van der Waals surface area contributed by atoms with Crippen molar-refractivity contribution in [3.05, 3.63) is 64.1 Å². The maximum atomic E-state index is 13.2. The Hall–Kier alpha value is -3.63. The van der Waals surface area contributed by atoms with Gasteiger partial charge in [0.25, 0.3) is 0 Å². The highest BCUT2D eigenvalue weighted by molar-refractivity contribution is 7.11. The number of thiazole rings is 1. The Morgan fingerprint density at radius 3 is 2.59 bits per heavy atom. The maximum Gasteiger partial charge on any atom is 0.233 e. The third-order valence-corrected chi connectivity index (χ3v) is 9.55. The number of fused-ring (bicyclic) bond motifs is 1. The average molecular weight is 573 g/mol. The molecule has 0 aliphatic carbocycles. The van der Waals surface area contributed by atoms with Crippen molar-refractivity contribution in [2.75, 3.05) is 32.0 Å². The van der Waals surface area contributed by atoms with Crippen LogP contribution < -0.4 is 5.73 Å². The van der Waals surface area contributed by atoms with Crippen molar-refractivity contribution in [1.82, 2.24) is 24.3 Å². The predicted molar refractivity (Wildman–Crippen MR) is 159 cm³/mol. The molecule has 2 saturated heterocycles. The van der Waals surface area contributed by atoms with E-state index < -0.39 is 5.41 Å². The summed E-state index contributed by atoms with van der Waals surface area (Å²) < 4.78 is 7.35. The predicted octanol–water partition coefficient (Wildman–Crippen LogP) is 4.90. The highest BCUT2D eigenvalue weighted by Gasteiger charge is 2.44. The van der Waals surface area contributed by atoms with E-state index in [1.807, 2.05) is 52.9 Å². The van der Waals surface area contributed by atoms with Crippen LogP contribution in [-0.4, -0.2) is 62.2 Å². The Morgan fingerprint density at radius 2 is 1.93 bits per heavy atom. The van der Waals surface area contributed by atoms with E-state index in [4.69, 9.17) is 15.5 Å². The highest BCUT2D eigenvalue weighted by Crippen LogP contribution is 2.36. The Kier molecular flexibility index (Phi) is 6.94. The van der Waals surface area contributed by atoms with Gasteiger partial charge in [0.05, 0.1) is 25.0 Å². The molecular formula is C31H36N6O3S. The molecule has 214 valence electrons. The second-order valence-corrected chi connectivity index (χ2v) is 13.7. The van der Waals surface area contributed by atoms with Crippen LogP contribution in [0.15, 0.2) is 42.9 Å². The van der Waals surface area contributed by atoms with Gasteiger partial charge in [0.15, 0.2) is 5.78 Å². The van der Waals surface area contributed by atoms with Crippen LogP contribution in [0.1, 0.15) is 72.5 Å². The number of nitrogens with two attached hydrogens (primary N) is 1. The lowest BCUT2D eigenvalue weighted by molar-refractivity contribution is -0.169. The van der Waals surface area contributed by atoms with Gasteiger partial charge in [-0.05, 0) is 25.2 Å². The van der Waals surface area contributed by atoms with E-state index in [9.17, 15) is 9.59 Å². The second-order valence-electron chi connectivity index (χ2n) is 12.5. The summed E-state index contributed by atoms with van der Waals surface area (Å²) in [5.74, 6) is 1.51. The molecule has 0 spiro atoms. The van der Waals surface area contributed by atoms with Gasteiger partial charge in [0.2, 0.25) is 5.91 Å². The van der Waals surface area contributed by atoms with Crippen molar-refractivity contribution in [2.24, 2.45) is 5.41 Å². The van der Waals surface area contributed by atoms with Crippen LogP contribution in [0.3, 0.4) is 0 Å². The molecule has 0 unspecified atom stereocenters. The summed E-state index contributed by atoms with van der Waals surface area (Å²) in [7, 11) is 0. The molecule has 0 bridgehead atoms. The summed E-state index contributed by atoms with van der Waals surface area (Å²) in [6.07, 6.45) is 7.55. The molecule has 41 heavy (non-hydrogen) atoms. The molecule has 1 atom stereocenters. The first kappa shape index (κ1) is 27.5. The summed E-state index contributed by atoms with van der Waals surface area (Å²) in [4.78, 5) is 43.3. The van der Waals surface area contributed by atoms with Gasteiger partial charge in [-0.1, -0.05) is 45.0 Å². The van der Waals surface area contributed by atoms with Crippen LogP contribution in [0.5, 0.6) is 0 Å². The van der Waals surface area contributed by atoms with Crippen molar-refractivity contribution >= 4 is 34.4 Å². The fourth-order valence-electron chi connectivity index (χ4n) is 5.65. The first-order valence-corrected chi connectivity index (χ1v) is 14.9. The van der Waals surface area contributed by atoms with Gasteiger partial charge in [-0.2, -0.15) is 0 Å². The number of imidazole rings is 1. The number of hydrogen-bond acceptors (Lipinski definition) is 8. The largest absolute Gasteiger partial charge is 0.382 e. The lowest BCUT2D eigenvalue weighted by Gasteiger charge is -2.42. The number of ketones is 1. The van der Waals surface area contributed by atoms with Crippen LogP contribution in [0.25, 0.3) is 16.8 Å². The Morgan fingerprint density at radius 1 is 1.17 bits per heavy atom. The number of rotatable bonds is 6. The number of ether oxygens (including phenoxy) is 1. The first-order valence-electron chi connectivity index (χ1n) is 14.1. The number of likely N-dealkylation sites (tertiary alicyclic amines) is 1. The maximum absolute atomic E-state index is 13.2. The van der Waals surface area contributed by atoms with E-state index in [-0.39, 0.29) is 29.4 Å². The molecule has 2 aliphatic heterocycles. The molecule has 2 N–H and O–H groups in total. The third-order valence-electron chi connectivity index (χ3n) is 8.13. The Balaban J connectivity index is 1.26. The smallest absolute Gasteiger partial charge is 0.233 e. The van der Waals surface area contributed by atoms with E-state index in [1.54, 1.807) is 17.5 Å². The van der Waals surface area contributed by atoms with E-state index in [0.29, 0.717) is 31.1 Å². The molecule has 2 aliphatic rings. The summed E-state index contributed by atoms with van der Waals surface area (Å²) in [5.41, 5.74) is 8.92. The van der Waals surface area contributed by atoms with Crippen LogP contribution in [0, 0.1) is 5.41 Å². The Bertz CT molecular complexity index is 1610. The number of carbonyl (C=O) groups excluding carboxylic acids is 2. The number of piperidine rings is 1. The van der Waals surface area contributed by atoms with Crippen LogP contribution in [0.4, 0.5) is 5.82 Å². The molecule has 9 nitrogen and oxygen atoms in total. The van der Waals surface area contributed by atoms with Crippen LogP contribution in [-0.2, 0) is 21.4 Å². The standard InChI is InChI=1S/C31H36N6O3S/c1-30(2,3)23-15-34-24(41-23)14-22(38)19-7-9-20(10-8-19)25-26-27(32)33-11-13-37(26)28(35-25)21-6-5-12-36(16-21)29(39)31(4)17-40-18-31/h7-11,13,15,21H,5-6,12,14,16-18H2,1-4H3,(H2,32,33)/t21-/m1/s1. The van der Waals surface area contributed by atoms with Crippen molar-refractivity contribution < 1.29 is 14.3 Å².